The van der Waals surface area contributed by atoms with E-state index in [0.717, 1.165) is 0 Å². The molecule has 30 heavy (non-hydrogen) atoms. The van der Waals surface area contributed by atoms with Gasteiger partial charge in [0.05, 0.1) is 23.3 Å². The van der Waals surface area contributed by atoms with Crippen molar-refractivity contribution in [1.29, 1.82) is 0 Å². The zero-order chi connectivity index (χ0) is 23.8. The number of nitrogens with two attached hydrogens (primary N) is 4. The van der Waals surface area contributed by atoms with Crippen LogP contribution in [0.25, 0.3) is 0 Å². The van der Waals surface area contributed by atoms with Crippen molar-refractivity contribution in [3.8, 4) is 0 Å². The van der Waals surface area contributed by atoms with E-state index in [2.05, 4.69) is 51.5 Å². The molecule has 2 aromatic rings. The van der Waals surface area contributed by atoms with E-state index in [9.17, 15) is 19.8 Å². The zero-order valence-corrected chi connectivity index (χ0v) is 18.5. The van der Waals surface area contributed by atoms with Crippen LogP contribution in [0.2, 0.25) is 0 Å². The Hall–Kier alpha value is -2.92. The molecule has 0 unspecified atom stereocenters. The number of carbonyl (C=O) groups excluding carboxylic acids is 2. The van der Waals surface area contributed by atoms with Crippen molar-refractivity contribution in [3.63, 3.8) is 0 Å². The maximum Gasteiger partial charge on any atom is 0.105 e. The van der Waals surface area contributed by atoms with Gasteiger partial charge in [0.1, 0.15) is 11.1 Å². The normalized spacial score (nSPS) is 10.1. The van der Waals surface area contributed by atoms with Gasteiger partial charge in [0.2, 0.25) is 0 Å². The van der Waals surface area contributed by atoms with E-state index in [1.807, 2.05) is 0 Å². The Morgan fingerprint density at radius 2 is 1.00 bits per heavy atom. The molecule has 2 aromatic heterocycles. The Morgan fingerprint density at radius 1 is 0.733 bits per heavy atom. The summed E-state index contributed by atoms with van der Waals surface area (Å²) in [7, 11) is 0. The Balaban J connectivity index is 0. The van der Waals surface area contributed by atoms with E-state index < -0.39 is 11.9 Å². The maximum atomic E-state index is 10.0. The average molecular weight is 423 g/mol. The fourth-order valence-electron chi connectivity index (χ4n) is 0.967. The molecule has 0 amide bonds. The van der Waals surface area contributed by atoms with Crippen molar-refractivity contribution in [2.45, 2.75) is 52.6 Å². The largest absolute Gasteiger partial charge is 0.543 e. The van der Waals surface area contributed by atoms with Crippen LogP contribution in [0.5, 0.6) is 0 Å². The van der Waals surface area contributed by atoms with Crippen LogP contribution in [0.3, 0.4) is 0 Å². The number of aromatic nitrogens is 2. The maximum absolute atomic E-state index is 10.0. The molecule has 0 atom stereocenters. The number of pyridine rings is 2. The van der Waals surface area contributed by atoms with Gasteiger partial charge in [-0.05, 0) is 65.8 Å². The number of rotatable bonds is 2. The number of aromatic carboxylic acids is 2. The van der Waals surface area contributed by atoms with Crippen LogP contribution in [-0.4, -0.2) is 33.0 Å². The summed E-state index contributed by atoms with van der Waals surface area (Å²) >= 11 is 0. The Morgan fingerprint density at radius 3 is 1.10 bits per heavy atom. The number of carbonyl (C=O) groups is 2. The van der Waals surface area contributed by atoms with Crippen LogP contribution >= 0.6 is 0 Å². The van der Waals surface area contributed by atoms with Crippen LogP contribution in [0.4, 0.5) is 0 Å². The molecule has 10 nitrogen and oxygen atoms in total. The predicted octanol–water partition coefficient (Wildman–Crippen LogP) is -2.67. The third-order valence-electron chi connectivity index (χ3n) is 2.75. The molecule has 0 spiro atoms. The van der Waals surface area contributed by atoms with Gasteiger partial charge < -0.3 is 19.8 Å². The van der Waals surface area contributed by atoms with Crippen molar-refractivity contribution in [3.05, 3.63) is 60.2 Å². The lowest BCUT2D eigenvalue weighted by Gasteiger charge is -2.10. The summed E-state index contributed by atoms with van der Waals surface area (Å²) in [6, 6.07) is 9.25. The monoisotopic (exact) mass is 422 g/mol. The fourth-order valence-corrected chi connectivity index (χ4v) is 0.967. The summed E-state index contributed by atoms with van der Waals surface area (Å²) in [6.45, 7) is 12.4. The quantitative estimate of drug-likeness (QED) is 0.297. The first kappa shape index (κ1) is 29.3. The molecule has 10 heteroatoms. The van der Waals surface area contributed by atoms with Gasteiger partial charge in [-0.1, -0.05) is 12.1 Å². The molecule has 8 N–H and O–H groups in total. The van der Waals surface area contributed by atoms with Crippen molar-refractivity contribution in [2.75, 3.05) is 0 Å². The number of carboxylic acid groups (broad SMARTS) is 2. The van der Waals surface area contributed by atoms with Crippen LogP contribution in [0.1, 0.15) is 62.5 Å². The molecule has 0 bridgehead atoms. The van der Waals surface area contributed by atoms with Crippen LogP contribution in [0, 0.1) is 0 Å². The van der Waals surface area contributed by atoms with Gasteiger partial charge in [-0.3, -0.25) is 20.8 Å². The van der Waals surface area contributed by atoms with Crippen LogP contribution in [-0.2, 0) is 0 Å². The molecule has 0 aliphatic carbocycles. The number of nitrogens with zero attached hydrogens (tertiary/aromatic N) is 2. The molecule has 168 valence electrons. The van der Waals surface area contributed by atoms with E-state index >= 15 is 0 Å². The van der Waals surface area contributed by atoms with Gasteiger partial charge in [0.25, 0.3) is 0 Å². The lowest BCUT2D eigenvalue weighted by molar-refractivity contribution is -0.729. The Bertz CT molecular complexity index is 650. The molecule has 2 heterocycles. The lowest BCUT2D eigenvalue weighted by Crippen LogP contribution is -3.00. The second-order valence-corrected chi connectivity index (χ2v) is 8.07. The first-order valence-electron chi connectivity index (χ1n) is 9.10. The van der Waals surface area contributed by atoms with Gasteiger partial charge in [-0.25, -0.2) is 0 Å². The first-order valence-corrected chi connectivity index (χ1v) is 9.10. The summed E-state index contributed by atoms with van der Waals surface area (Å²) in [5.41, 5.74) is 3.70. The van der Waals surface area contributed by atoms with Crippen molar-refractivity contribution in [1.82, 2.24) is 9.97 Å². The number of carboxylic acids is 2. The highest BCUT2D eigenvalue weighted by Crippen LogP contribution is 1.89. The molecule has 0 radical (unpaired) electrons. The van der Waals surface area contributed by atoms with E-state index in [1.165, 1.54) is 24.5 Å². The summed E-state index contributed by atoms with van der Waals surface area (Å²) in [4.78, 5) is 27.1. The fraction of sp³-hybridized carbons (Fsp3) is 0.400. The van der Waals surface area contributed by atoms with E-state index in [0.29, 0.717) is 0 Å². The summed E-state index contributed by atoms with van der Waals surface area (Å²) in [6.07, 6.45) is 2.82. The highest BCUT2D eigenvalue weighted by molar-refractivity contribution is 5.83. The molecule has 0 saturated heterocycles. The number of hydrogen-bond acceptors (Lipinski definition) is 8. The van der Waals surface area contributed by atoms with Gasteiger partial charge in [0, 0.05) is 12.4 Å². The van der Waals surface area contributed by atoms with E-state index in [-0.39, 0.29) is 22.5 Å². The lowest BCUT2D eigenvalue weighted by atomic mass is 10.1. The van der Waals surface area contributed by atoms with Crippen molar-refractivity contribution >= 4 is 11.9 Å². The second kappa shape index (κ2) is 15.0. The zero-order valence-electron chi connectivity index (χ0n) is 18.5. The van der Waals surface area contributed by atoms with Gasteiger partial charge in [0.15, 0.2) is 0 Å². The Labute approximate surface area is 177 Å². The summed E-state index contributed by atoms with van der Waals surface area (Å²) in [5, 5.41) is 20.1. The molecule has 0 aliphatic heterocycles. The standard InChI is InChI=1S/2C6H5NO2.2C4H12N2/c2*8-6(9)5-3-1-2-4-7-5;2*1-4(2,3)6-5/h2*1-4H,(H,8,9);2*6H,5H2,1-3H3. The van der Waals surface area contributed by atoms with Gasteiger partial charge in [-0.15, -0.1) is 0 Å². The minimum Gasteiger partial charge on any atom is -0.543 e. The SMILES string of the molecule is CC(C)(C)[NH2+]N.CC(C)(C)[NH2+]N.O=C([O-])c1ccccn1.O=C([O-])c1ccccn1. The molecular weight excluding hydrogens is 388 g/mol. The molecular formula is C20H34N6O4. The van der Waals surface area contributed by atoms with E-state index in [1.54, 1.807) is 35.1 Å². The third kappa shape index (κ3) is 19.8. The molecule has 0 saturated carbocycles. The van der Waals surface area contributed by atoms with Crippen LogP contribution in [0.15, 0.2) is 48.8 Å². The molecule has 0 aromatic carbocycles. The highest BCUT2D eigenvalue weighted by atomic mass is 16.4. The molecule has 2 rings (SSSR count). The minimum atomic E-state index is -1.24. The number of quaternary nitrogens is 2. The Kier molecular flexibility index (Phi) is 14.6. The average Bonchev–Trinajstić information content (AvgIpc) is 2.69. The third-order valence-corrected chi connectivity index (χ3v) is 2.75. The number of hydrogen-bond donors (Lipinski definition) is 4. The molecule has 0 fully saturated rings. The second-order valence-electron chi connectivity index (χ2n) is 8.07. The van der Waals surface area contributed by atoms with Crippen molar-refractivity contribution < 1.29 is 30.7 Å². The smallest absolute Gasteiger partial charge is 0.105 e. The summed E-state index contributed by atoms with van der Waals surface area (Å²) in [5.74, 6) is 7.88. The first-order chi connectivity index (χ1) is 13.7. The van der Waals surface area contributed by atoms with Crippen LogP contribution < -0.4 is 32.7 Å². The van der Waals surface area contributed by atoms with E-state index in [4.69, 9.17) is 11.7 Å². The predicted molar refractivity (Wildman–Crippen MR) is 109 cm³/mol. The van der Waals surface area contributed by atoms with Crippen molar-refractivity contribution in [2.24, 2.45) is 11.7 Å². The highest BCUT2D eigenvalue weighted by Gasteiger charge is 2.08. The topological polar surface area (TPSA) is 191 Å². The summed E-state index contributed by atoms with van der Waals surface area (Å²) < 4.78 is 0. The molecule has 0 aliphatic rings. The van der Waals surface area contributed by atoms with Gasteiger partial charge >= 0.3 is 0 Å². The van der Waals surface area contributed by atoms with Gasteiger partial charge in [-0.2, -0.15) is 11.7 Å². The minimum absolute atomic E-state index is 0.0301.